The van der Waals surface area contributed by atoms with E-state index < -0.39 is 0 Å². The molecule has 2 fully saturated rings. The first-order valence-electron chi connectivity index (χ1n) is 8.12. The molecule has 0 unspecified atom stereocenters. The minimum absolute atomic E-state index is 0.279. The third-order valence-electron chi connectivity index (χ3n) is 5.22. The molecule has 1 spiro atoms. The molecule has 22 heavy (non-hydrogen) atoms. The second kappa shape index (κ2) is 5.28. The monoisotopic (exact) mass is 301 g/mol. The maximum Gasteiger partial charge on any atom is 0.168 e. The van der Waals surface area contributed by atoms with E-state index in [1.165, 1.54) is 16.5 Å². The molecule has 1 saturated carbocycles. The Balaban J connectivity index is 1.65. The van der Waals surface area contributed by atoms with Crippen molar-refractivity contribution in [3.05, 3.63) is 30.0 Å². The van der Waals surface area contributed by atoms with Crippen molar-refractivity contribution in [3.63, 3.8) is 0 Å². The van der Waals surface area contributed by atoms with Crippen LogP contribution in [0.25, 0.3) is 10.9 Å². The normalized spacial score (nSPS) is 21.7. The minimum Gasteiger partial charge on any atom is -0.495 e. The lowest BCUT2D eigenvalue weighted by molar-refractivity contribution is -0.178. The van der Waals surface area contributed by atoms with Gasteiger partial charge in [-0.05, 0) is 30.4 Å². The molecule has 118 valence electrons. The second-order valence-electron chi connectivity index (χ2n) is 6.43. The highest BCUT2D eigenvalue weighted by atomic mass is 16.7. The summed E-state index contributed by atoms with van der Waals surface area (Å²) in [5.41, 5.74) is 2.62. The summed E-state index contributed by atoms with van der Waals surface area (Å²) in [6.07, 6.45) is 6.51. The van der Waals surface area contributed by atoms with Gasteiger partial charge in [0.2, 0.25) is 0 Å². The van der Waals surface area contributed by atoms with Crippen LogP contribution < -0.4 is 4.74 Å². The van der Waals surface area contributed by atoms with Crippen LogP contribution in [0.3, 0.4) is 0 Å². The van der Waals surface area contributed by atoms with Crippen molar-refractivity contribution in [1.29, 1.82) is 0 Å². The Hall–Kier alpha value is -1.52. The maximum atomic E-state index is 5.85. The van der Waals surface area contributed by atoms with E-state index in [0.29, 0.717) is 5.92 Å². The number of aromatic nitrogens is 1. The summed E-state index contributed by atoms with van der Waals surface area (Å²) in [4.78, 5) is 0. The summed E-state index contributed by atoms with van der Waals surface area (Å²) in [6, 6.07) is 6.32. The fraction of sp³-hybridized carbons (Fsp3) is 0.556. The van der Waals surface area contributed by atoms with E-state index in [9.17, 15) is 0 Å². The van der Waals surface area contributed by atoms with Crippen LogP contribution in [-0.2, 0) is 16.5 Å². The van der Waals surface area contributed by atoms with Crippen molar-refractivity contribution < 1.29 is 14.2 Å². The largest absolute Gasteiger partial charge is 0.495 e. The predicted molar refractivity (Wildman–Crippen MR) is 85.3 cm³/mol. The van der Waals surface area contributed by atoms with E-state index in [2.05, 4.69) is 29.9 Å². The number of rotatable bonds is 2. The van der Waals surface area contributed by atoms with Gasteiger partial charge in [0.25, 0.3) is 0 Å². The smallest absolute Gasteiger partial charge is 0.168 e. The Morgan fingerprint density at radius 3 is 2.59 bits per heavy atom. The summed E-state index contributed by atoms with van der Waals surface area (Å²) in [7, 11) is 3.84. The topological polar surface area (TPSA) is 32.6 Å². The van der Waals surface area contributed by atoms with Gasteiger partial charge in [-0.1, -0.05) is 12.1 Å². The molecule has 2 aliphatic rings. The van der Waals surface area contributed by atoms with Gasteiger partial charge in [-0.2, -0.15) is 0 Å². The lowest BCUT2D eigenvalue weighted by atomic mass is 9.81. The molecule has 1 aromatic carbocycles. The summed E-state index contributed by atoms with van der Waals surface area (Å²) in [6.45, 7) is 1.49. The zero-order valence-corrected chi connectivity index (χ0v) is 13.3. The Labute approximate surface area is 131 Å². The number of aryl methyl sites for hydroxylation is 1. The molecular weight excluding hydrogens is 278 g/mol. The third kappa shape index (κ3) is 2.13. The molecule has 0 radical (unpaired) electrons. The number of benzene rings is 1. The van der Waals surface area contributed by atoms with E-state index in [-0.39, 0.29) is 5.79 Å². The second-order valence-corrected chi connectivity index (χ2v) is 6.43. The molecule has 4 nitrogen and oxygen atoms in total. The lowest BCUT2D eigenvalue weighted by Gasteiger charge is -2.35. The van der Waals surface area contributed by atoms with Crippen LogP contribution in [0.5, 0.6) is 5.75 Å². The predicted octanol–water partition coefficient (Wildman–Crippen LogP) is 3.59. The first kappa shape index (κ1) is 14.1. The van der Waals surface area contributed by atoms with Crippen LogP contribution in [0.2, 0.25) is 0 Å². The Morgan fingerprint density at radius 1 is 1.18 bits per heavy atom. The lowest BCUT2D eigenvalue weighted by Crippen LogP contribution is -2.34. The van der Waals surface area contributed by atoms with Gasteiger partial charge in [-0.3, -0.25) is 0 Å². The number of methoxy groups -OCH3 is 1. The average molecular weight is 301 g/mol. The van der Waals surface area contributed by atoms with Gasteiger partial charge >= 0.3 is 0 Å². The molecule has 0 atom stereocenters. The van der Waals surface area contributed by atoms with Crippen molar-refractivity contribution in [2.45, 2.75) is 37.4 Å². The Morgan fingerprint density at radius 2 is 1.91 bits per heavy atom. The Bertz CT molecular complexity index is 675. The molecule has 1 aliphatic carbocycles. The molecule has 1 aliphatic heterocycles. The van der Waals surface area contributed by atoms with Gasteiger partial charge < -0.3 is 18.8 Å². The SMILES string of the molecule is COc1cccc2c(C3CCC4(CC3)OCCO4)cn(C)c12. The molecule has 2 heterocycles. The van der Waals surface area contributed by atoms with Gasteiger partial charge in [0.15, 0.2) is 5.79 Å². The zero-order valence-electron chi connectivity index (χ0n) is 13.3. The standard InChI is InChI=1S/C18H23NO3/c1-19-12-15(14-4-3-5-16(20-2)17(14)19)13-6-8-18(9-7-13)21-10-11-22-18/h3-5,12-13H,6-11H2,1-2H3. The fourth-order valence-corrected chi connectivity index (χ4v) is 4.11. The fourth-order valence-electron chi connectivity index (χ4n) is 4.11. The number of para-hydroxylation sites is 1. The molecule has 1 saturated heterocycles. The molecule has 0 bridgehead atoms. The van der Waals surface area contributed by atoms with E-state index >= 15 is 0 Å². The molecule has 1 aromatic heterocycles. The summed E-state index contributed by atoms with van der Waals surface area (Å²) < 4.78 is 19.4. The highest BCUT2D eigenvalue weighted by molar-refractivity contribution is 5.89. The van der Waals surface area contributed by atoms with Crippen molar-refractivity contribution in [3.8, 4) is 5.75 Å². The van der Waals surface area contributed by atoms with Crippen LogP contribution in [0.4, 0.5) is 0 Å². The number of ether oxygens (including phenoxy) is 3. The highest BCUT2D eigenvalue weighted by Gasteiger charge is 2.41. The number of fused-ring (bicyclic) bond motifs is 1. The van der Waals surface area contributed by atoms with Crippen molar-refractivity contribution in [1.82, 2.24) is 4.57 Å². The van der Waals surface area contributed by atoms with Crippen LogP contribution in [0, 0.1) is 0 Å². The molecule has 0 amide bonds. The minimum atomic E-state index is -0.279. The molecule has 2 aromatic rings. The molecular formula is C18H23NO3. The van der Waals surface area contributed by atoms with Crippen LogP contribution in [-0.4, -0.2) is 30.7 Å². The number of hydrogen-bond acceptors (Lipinski definition) is 3. The zero-order chi connectivity index (χ0) is 15.2. The maximum absolute atomic E-state index is 5.85. The first-order chi connectivity index (χ1) is 10.7. The van der Waals surface area contributed by atoms with E-state index in [0.717, 1.165) is 44.6 Å². The highest BCUT2D eigenvalue weighted by Crippen LogP contribution is 2.44. The average Bonchev–Trinajstić information content (AvgIpc) is 3.14. The number of nitrogens with zero attached hydrogens (tertiary/aromatic N) is 1. The van der Waals surface area contributed by atoms with Gasteiger partial charge in [0, 0.05) is 31.5 Å². The van der Waals surface area contributed by atoms with E-state index in [1.807, 2.05) is 6.07 Å². The van der Waals surface area contributed by atoms with Crippen LogP contribution in [0.15, 0.2) is 24.4 Å². The molecule has 0 N–H and O–H groups in total. The van der Waals surface area contributed by atoms with Crippen molar-refractivity contribution >= 4 is 10.9 Å². The van der Waals surface area contributed by atoms with Crippen LogP contribution in [0.1, 0.15) is 37.2 Å². The summed E-state index contributed by atoms with van der Waals surface area (Å²) in [5, 5.41) is 1.32. The van der Waals surface area contributed by atoms with Crippen molar-refractivity contribution in [2.75, 3.05) is 20.3 Å². The number of hydrogen-bond donors (Lipinski definition) is 0. The van der Waals surface area contributed by atoms with Gasteiger partial charge in [0.1, 0.15) is 5.75 Å². The quantitative estimate of drug-likeness (QED) is 0.850. The molecule has 4 heteroatoms. The van der Waals surface area contributed by atoms with Gasteiger partial charge in [-0.15, -0.1) is 0 Å². The van der Waals surface area contributed by atoms with E-state index in [4.69, 9.17) is 14.2 Å². The van der Waals surface area contributed by atoms with Gasteiger partial charge in [-0.25, -0.2) is 0 Å². The summed E-state index contributed by atoms with van der Waals surface area (Å²) in [5.74, 6) is 1.24. The van der Waals surface area contributed by atoms with Crippen molar-refractivity contribution in [2.24, 2.45) is 7.05 Å². The van der Waals surface area contributed by atoms with E-state index in [1.54, 1.807) is 7.11 Å². The summed E-state index contributed by atoms with van der Waals surface area (Å²) >= 11 is 0. The molecule has 4 rings (SSSR count). The first-order valence-corrected chi connectivity index (χ1v) is 8.12. The third-order valence-corrected chi connectivity index (χ3v) is 5.22. The van der Waals surface area contributed by atoms with Gasteiger partial charge in [0.05, 0.1) is 25.8 Å². The Kier molecular flexibility index (Phi) is 3.39. The van der Waals surface area contributed by atoms with Crippen LogP contribution >= 0.6 is 0 Å².